The quantitative estimate of drug-likeness (QED) is 0.719. The van der Waals surface area contributed by atoms with Crippen LogP contribution < -0.4 is 10.1 Å². The van der Waals surface area contributed by atoms with Crippen molar-refractivity contribution in [2.24, 2.45) is 11.3 Å². The SMILES string of the molecule is CC(C)(C)CC(C)(C)c1ccc(OCCC2CCCNC2)cc1.Cl. The molecule has 1 aliphatic rings. The van der Waals surface area contributed by atoms with Crippen molar-refractivity contribution in [3.05, 3.63) is 29.8 Å². The van der Waals surface area contributed by atoms with Gasteiger partial charge in [0.05, 0.1) is 6.61 Å². The van der Waals surface area contributed by atoms with Crippen LogP contribution in [0.15, 0.2) is 24.3 Å². The second-order valence-electron chi connectivity index (χ2n) is 9.00. The molecule has 2 nitrogen and oxygen atoms in total. The first kappa shape index (κ1) is 21.3. The molecule has 1 unspecified atom stereocenters. The van der Waals surface area contributed by atoms with Gasteiger partial charge in [-0.15, -0.1) is 12.4 Å². The Labute approximate surface area is 155 Å². The summed E-state index contributed by atoms with van der Waals surface area (Å²) >= 11 is 0. The van der Waals surface area contributed by atoms with Gasteiger partial charge < -0.3 is 10.1 Å². The van der Waals surface area contributed by atoms with Crippen LogP contribution in [0.5, 0.6) is 5.75 Å². The number of piperidine rings is 1. The molecule has 1 atom stereocenters. The lowest BCUT2D eigenvalue weighted by atomic mass is 9.72. The number of rotatable bonds is 6. The van der Waals surface area contributed by atoms with Crippen LogP contribution in [0.1, 0.15) is 65.9 Å². The van der Waals surface area contributed by atoms with E-state index in [9.17, 15) is 0 Å². The van der Waals surface area contributed by atoms with Crippen molar-refractivity contribution < 1.29 is 4.74 Å². The molecular formula is C21H36ClNO. The van der Waals surface area contributed by atoms with Crippen LogP contribution in [0.3, 0.4) is 0 Å². The van der Waals surface area contributed by atoms with E-state index < -0.39 is 0 Å². The lowest BCUT2D eigenvalue weighted by Crippen LogP contribution is -2.30. The third-order valence-electron chi connectivity index (χ3n) is 4.80. The summed E-state index contributed by atoms with van der Waals surface area (Å²) in [6, 6.07) is 8.75. The zero-order chi connectivity index (χ0) is 16.9. The molecule has 1 saturated heterocycles. The van der Waals surface area contributed by atoms with Crippen molar-refractivity contribution in [3.63, 3.8) is 0 Å². The minimum Gasteiger partial charge on any atom is -0.494 e. The van der Waals surface area contributed by atoms with Crippen LogP contribution >= 0.6 is 12.4 Å². The number of hydrogen-bond acceptors (Lipinski definition) is 2. The maximum absolute atomic E-state index is 5.95. The number of ether oxygens (including phenoxy) is 1. The third-order valence-corrected chi connectivity index (χ3v) is 4.80. The minimum absolute atomic E-state index is 0. The Hall–Kier alpha value is -0.730. The van der Waals surface area contributed by atoms with Crippen LogP contribution in [-0.4, -0.2) is 19.7 Å². The first-order valence-corrected chi connectivity index (χ1v) is 9.20. The summed E-state index contributed by atoms with van der Waals surface area (Å²) < 4.78 is 5.95. The standard InChI is InChI=1S/C21H35NO.ClH/c1-20(2,3)16-21(4,5)18-8-10-19(11-9-18)23-14-12-17-7-6-13-22-15-17;/h8-11,17,22H,6-7,12-16H2,1-5H3;1H. The summed E-state index contributed by atoms with van der Waals surface area (Å²) in [7, 11) is 0. The smallest absolute Gasteiger partial charge is 0.119 e. The molecule has 1 aromatic carbocycles. The fourth-order valence-corrected chi connectivity index (χ4v) is 3.94. The molecule has 1 aromatic rings. The lowest BCUT2D eigenvalue weighted by Gasteiger charge is -2.33. The molecule has 0 aliphatic carbocycles. The fraction of sp³-hybridized carbons (Fsp3) is 0.714. The first-order chi connectivity index (χ1) is 10.8. The zero-order valence-corrected chi connectivity index (χ0v) is 17.0. The monoisotopic (exact) mass is 353 g/mol. The molecule has 3 heteroatoms. The predicted molar refractivity (Wildman–Crippen MR) is 106 cm³/mol. The summed E-state index contributed by atoms with van der Waals surface area (Å²) in [5, 5.41) is 3.47. The topological polar surface area (TPSA) is 21.3 Å². The lowest BCUT2D eigenvalue weighted by molar-refractivity contribution is 0.253. The van der Waals surface area contributed by atoms with Crippen LogP contribution in [-0.2, 0) is 5.41 Å². The van der Waals surface area contributed by atoms with Crippen molar-refractivity contribution in [1.29, 1.82) is 0 Å². The van der Waals surface area contributed by atoms with Crippen molar-refractivity contribution in [1.82, 2.24) is 5.32 Å². The maximum atomic E-state index is 5.95. The van der Waals surface area contributed by atoms with Crippen LogP contribution in [0, 0.1) is 11.3 Å². The van der Waals surface area contributed by atoms with E-state index in [1.54, 1.807) is 0 Å². The molecule has 0 saturated carbocycles. The second-order valence-corrected chi connectivity index (χ2v) is 9.00. The van der Waals surface area contributed by atoms with Gasteiger partial charge in [0.1, 0.15) is 5.75 Å². The third kappa shape index (κ3) is 7.03. The van der Waals surface area contributed by atoms with Crippen molar-refractivity contribution >= 4 is 12.4 Å². The molecule has 24 heavy (non-hydrogen) atoms. The molecule has 0 amide bonds. The predicted octanol–water partition coefficient (Wildman–Crippen LogP) is 5.59. The Morgan fingerprint density at radius 2 is 1.75 bits per heavy atom. The van der Waals surface area contributed by atoms with Crippen LogP contribution in [0.2, 0.25) is 0 Å². The minimum atomic E-state index is 0. The Morgan fingerprint density at radius 1 is 1.08 bits per heavy atom. The number of benzene rings is 1. The van der Waals surface area contributed by atoms with Gasteiger partial charge in [0.2, 0.25) is 0 Å². The zero-order valence-electron chi connectivity index (χ0n) is 16.2. The summed E-state index contributed by atoms with van der Waals surface area (Å²) in [5.74, 6) is 1.79. The van der Waals surface area contributed by atoms with E-state index in [0.717, 1.165) is 31.2 Å². The highest BCUT2D eigenvalue weighted by Gasteiger charge is 2.27. The molecule has 1 aliphatic heterocycles. The van der Waals surface area contributed by atoms with Gasteiger partial charge in [0.15, 0.2) is 0 Å². The first-order valence-electron chi connectivity index (χ1n) is 9.20. The van der Waals surface area contributed by atoms with Gasteiger partial charge in [-0.2, -0.15) is 0 Å². The number of hydrogen-bond donors (Lipinski definition) is 1. The average molecular weight is 354 g/mol. The molecule has 1 fully saturated rings. The van der Waals surface area contributed by atoms with Gasteiger partial charge in [0, 0.05) is 0 Å². The molecule has 0 radical (unpaired) electrons. The molecule has 1 heterocycles. The Kier molecular flexibility index (Phi) is 8.08. The number of nitrogens with one attached hydrogen (secondary N) is 1. The van der Waals surface area contributed by atoms with Gasteiger partial charge in [-0.3, -0.25) is 0 Å². The highest BCUT2D eigenvalue weighted by Crippen LogP contribution is 2.36. The molecule has 2 rings (SSSR count). The van der Waals surface area contributed by atoms with E-state index in [1.165, 1.54) is 31.4 Å². The molecule has 0 aromatic heterocycles. The van der Waals surface area contributed by atoms with E-state index in [1.807, 2.05) is 0 Å². The summed E-state index contributed by atoms with van der Waals surface area (Å²) in [5.41, 5.74) is 1.94. The van der Waals surface area contributed by atoms with Gasteiger partial charge in [-0.05, 0) is 73.2 Å². The summed E-state index contributed by atoms with van der Waals surface area (Å²) in [6.07, 6.45) is 4.98. The van der Waals surface area contributed by atoms with Gasteiger partial charge in [-0.25, -0.2) is 0 Å². The highest BCUT2D eigenvalue weighted by molar-refractivity contribution is 5.85. The molecule has 0 spiro atoms. The fourth-order valence-electron chi connectivity index (χ4n) is 3.94. The van der Waals surface area contributed by atoms with Crippen LogP contribution in [0.4, 0.5) is 0 Å². The van der Waals surface area contributed by atoms with E-state index in [-0.39, 0.29) is 17.8 Å². The molecule has 0 bridgehead atoms. The average Bonchev–Trinajstić information content (AvgIpc) is 2.46. The molecule has 138 valence electrons. The van der Waals surface area contributed by atoms with Gasteiger partial charge in [-0.1, -0.05) is 46.8 Å². The second kappa shape index (κ2) is 9.10. The Morgan fingerprint density at radius 3 is 2.29 bits per heavy atom. The largest absolute Gasteiger partial charge is 0.494 e. The Bertz CT molecular complexity index is 470. The molecular weight excluding hydrogens is 318 g/mol. The van der Waals surface area contributed by atoms with Crippen LogP contribution in [0.25, 0.3) is 0 Å². The summed E-state index contributed by atoms with van der Waals surface area (Å²) in [6.45, 7) is 14.8. The van der Waals surface area contributed by atoms with E-state index >= 15 is 0 Å². The molecule has 1 N–H and O–H groups in total. The highest BCUT2D eigenvalue weighted by atomic mass is 35.5. The van der Waals surface area contributed by atoms with Gasteiger partial charge >= 0.3 is 0 Å². The van der Waals surface area contributed by atoms with E-state index in [2.05, 4.69) is 64.2 Å². The van der Waals surface area contributed by atoms with Crippen molar-refractivity contribution in [2.45, 2.75) is 65.7 Å². The van der Waals surface area contributed by atoms with Crippen molar-refractivity contribution in [2.75, 3.05) is 19.7 Å². The maximum Gasteiger partial charge on any atom is 0.119 e. The van der Waals surface area contributed by atoms with Crippen molar-refractivity contribution in [3.8, 4) is 5.75 Å². The van der Waals surface area contributed by atoms with E-state index in [0.29, 0.717) is 5.41 Å². The summed E-state index contributed by atoms with van der Waals surface area (Å²) in [4.78, 5) is 0. The van der Waals surface area contributed by atoms with Gasteiger partial charge in [0.25, 0.3) is 0 Å². The normalized spacial score (nSPS) is 18.8. The number of halogens is 1. The van der Waals surface area contributed by atoms with E-state index in [4.69, 9.17) is 4.74 Å². The Balaban J connectivity index is 0.00000288.